The van der Waals surface area contributed by atoms with Gasteiger partial charge in [-0.25, -0.2) is 4.98 Å². The smallest absolute Gasteiger partial charge is 0.254 e. The Morgan fingerprint density at radius 3 is 2.87 bits per heavy atom. The van der Waals surface area contributed by atoms with E-state index in [-0.39, 0.29) is 18.4 Å². The molecule has 1 amide bonds. The van der Waals surface area contributed by atoms with Crippen LogP contribution in [-0.2, 0) is 0 Å². The monoisotopic (exact) mass is 332 g/mol. The summed E-state index contributed by atoms with van der Waals surface area (Å²) in [4.78, 5) is 19.4. The van der Waals surface area contributed by atoms with Crippen molar-refractivity contribution in [1.29, 1.82) is 0 Å². The van der Waals surface area contributed by atoms with E-state index in [1.165, 1.54) is 0 Å². The van der Waals surface area contributed by atoms with Gasteiger partial charge in [0, 0.05) is 30.1 Å². The molecule has 1 aromatic heterocycles. The van der Waals surface area contributed by atoms with Crippen molar-refractivity contribution in [3.05, 3.63) is 11.8 Å². The molecule has 1 aliphatic carbocycles. The molecule has 23 heavy (non-hydrogen) atoms. The molecule has 0 radical (unpaired) electrons. The number of aromatic nitrogens is 2. The van der Waals surface area contributed by atoms with Crippen molar-refractivity contribution < 1.29 is 25.0 Å². The van der Waals surface area contributed by atoms with Crippen molar-refractivity contribution in [3.63, 3.8) is 0 Å². The predicted octanol–water partition coefficient (Wildman–Crippen LogP) is 1.75. The summed E-state index contributed by atoms with van der Waals surface area (Å²) in [6, 6.07) is -1.70. The van der Waals surface area contributed by atoms with Crippen molar-refractivity contribution in [2.45, 2.75) is 64.4 Å². The largest absolute Gasteiger partial charge is 0.393 e. The molecule has 7 nitrogen and oxygen atoms in total. The molecule has 0 spiro atoms. The minimum Gasteiger partial charge on any atom is -0.393 e. The molecule has 0 aromatic carbocycles. The van der Waals surface area contributed by atoms with E-state index in [0.717, 1.165) is 6.20 Å². The molecule has 0 aliphatic heterocycles. The fourth-order valence-corrected chi connectivity index (χ4v) is 2.20. The number of carbonyl (C=O) groups is 1. The van der Waals surface area contributed by atoms with E-state index in [2.05, 4.69) is 15.3 Å². The third kappa shape index (κ3) is 4.79. The summed E-state index contributed by atoms with van der Waals surface area (Å²) in [7, 11) is 0. The average Bonchev–Trinajstić information content (AvgIpc) is 2.59. The lowest BCUT2D eigenvalue weighted by molar-refractivity contribution is 0.0739. The third-order valence-corrected chi connectivity index (χ3v) is 3.49. The first-order chi connectivity index (χ1) is 15.1. The summed E-state index contributed by atoms with van der Waals surface area (Å²) in [6.45, 7) is -9.10. The third-order valence-electron chi connectivity index (χ3n) is 3.49. The lowest BCUT2D eigenvalue weighted by Gasteiger charge is -2.32. The van der Waals surface area contributed by atoms with Crippen LogP contribution >= 0.6 is 0 Å². The first kappa shape index (κ1) is 7.79. The van der Waals surface area contributed by atoms with Crippen molar-refractivity contribution in [1.82, 2.24) is 9.97 Å². The molecule has 2 rings (SSSR count). The maximum absolute atomic E-state index is 11.9. The highest BCUT2D eigenvalue weighted by molar-refractivity contribution is 5.97. The number of nitrogens with zero attached hydrogens (tertiary/aromatic N) is 2. The highest BCUT2D eigenvalue weighted by Crippen LogP contribution is 2.27. The van der Waals surface area contributed by atoms with Crippen LogP contribution in [0.25, 0.3) is 0 Å². The topological polar surface area (TPSA) is 113 Å². The van der Waals surface area contributed by atoms with E-state index in [1.54, 1.807) is 6.92 Å². The standard InChI is InChI=1S/C16H27N5O2/c1-9-5-6-10(7-12(9)22)19-14-11(13(17)23)8-18-15(20-14)21-16(2,3)4/h8-10,12,22H,5-7H2,1-4H3,(H2,17,23)(H2,18,19,20,21)/i2D3,3D3,4D3,10D,12D. The van der Waals surface area contributed by atoms with Gasteiger partial charge in [-0.1, -0.05) is 6.92 Å². The van der Waals surface area contributed by atoms with Gasteiger partial charge in [0.25, 0.3) is 5.91 Å². The summed E-state index contributed by atoms with van der Waals surface area (Å²) in [6.07, 6.45) is -1.13. The Kier molecular flexibility index (Phi) is 2.27. The molecule has 1 heterocycles. The Labute approximate surface area is 152 Å². The normalized spacial score (nSPS) is 40.1. The highest BCUT2D eigenvalue weighted by Gasteiger charge is 2.27. The number of primary amides is 1. The molecule has 7 heteroatoms. The second-order valence-corrected chi connectivity index (χ2v) is 5.53. The highest BCUT2D eigenvalue weighted by atomic mass is 16.3. The molecule has 128 valence electrons. The van der Waals surface area contributed by atoms with Gasteiger partial charge in [0.2, 0.25) is 5.95 Å². The first-order valence-electron chi connectivity index (χ1n) is 12.5. The Morgan fingerprint density at radius 2 is 2.26 bits per heavy atom. The number of hydrogen-bond donors (Lipinski definition) is 4. The molecule has 1 aliphatic rings. The van der Waals surface area contributed by atoms with Gasteiger partial charge in [0.05, 0.1) is 14.4 Å². The van der Waals surface area contributed by atoms with Crippen LogP contribution in [0.1, 0.15) is 72.2 Å². The number of rotatable bonds is 4. The minimum absolute atomic E-state index is 0.129. The van der Waals surface area contributed by atoms with Gasteiger partial charge < -0.3 is 21.5 Å². The lowest BCUT2D eigenvalue weighted by Crippen LogP contribution is -2.36. The van der Waals surface area contributed by atoms with Gasteiger partial charge in [-0.2, -0.15) is 4.98 Å². The van der Waals surface area contributed by atoms with Gasteiger partial charge in [-0.05, 0) is 45.7 Å². The quantitative estimate of drug-likeness (QED) is 0.668. The Morgan fingerprint density at radius 1 is 1.52 bits per heavy atom. The van der Waals surface area contributed by atoms with Crippen LogP contribution in [0.4, 0.5) is 11.8 Å². The Hall–Kier alpha value is -1.89. The zero-order chi connectivity index (χ0) is 26.5. The summed E-state index contributed by atoms with van der Waals surface area (Å²) >= 11 is 0. The number of amides is 1. The van der Waals surface area contributed by atoms with Crippen molar-refractivity contribution >= 4 is 17.7 Å². The van der Waals surface area contributed by atoms with E-state index in [9.17, 15) is 9.90 Å². The van der Waals surface area contributed by atoms with E-state index in [1.807, 2.05) is 5.32 Å². The van der Waals surface area contributed by atoms with Gasteiger partial charge in [-0.15, -0.1) is 0 Å². The predicted molar refractivity (Wildman–Crippen MR) is 90.4 cm³/mol. The van der Waals surface area contributed by atoms with E-state index in [0.29, 0.717) is 0 Å². The summed E-state index contributed by atoms with van der Waals surface area (Å²) in [5, 5.41) is 14.8. The molecule has 0 bridgehead atoms. The van der Waals surface area contributed by atoms with E-state index >= 15 is 0 Å². The van der Waals surface area contributed by atoms with Gasteiger partial charge in [0.15, 0.2) is 0 Å². The summed E-state index contributed by atoms with van der Waals surface area (Å²) in [5.74, 6) is -2.66. The lowest BCUT2D eigenvalue weighted by atomic mass is 9.85. The molecule has 5 N–H and O–H groups in total. The number of nitrogens with two attached hydrogens (primary N) is 1. The molecule has 1 aromatic rings. The van der Waals surface area contributed by atoms with Crippen LogP contribution in [0.3, 0.4) is 0 Å². The second-order valence-electron chi connectivity index (χ2n) is 5.53. The summed E-state index contributed by atoms with van der Waals surface area (Å²) in [5.41, 5.74) is 1.50. The number of nitrogens with one attached hydrogen (secondary N) is 2. The van der Waals surface area contributed by atoms with Gasteiger partial charge >= 0.3 is 0 Å². The van der Waals surface area contributed by atoms with Crippen LogP contribution in [-0.4, -0.2) is 38.6 Å². The molecule has 3 atom stereocenters. The number of anilines is 2. The Bertz CT molecular complexity index is 895. The number of carbonyl (C=O) groups excluding carboxylic acids is 1. The number of hydrogen-bond acceptors (Lipinski definition) is 6. The maximum atomic E-state index is 11.9. The fraction of sp³-hybridized carbons (Fsp3) is 0.688. The van der Waals surface area contributed by atoms with E-state index in [4.69, 9.17) is 20.8 Å². The van der Waals surface area contributed by atoms with Crippen LogP contribution in [0.15, 0.2) is 6.20 Å². The SMILES string of the molecule is [2H]C1(Nc2nc(NC(C([2H])([2H])[2H])(C([2H])([2H])[2H])C([2H])([2H])[2H])ncc2C(N)=O)CCC(C)C([2H])(O)C1. The molecular formula is C16H27N5O2. The van der Waals surface area contributed by atoms with Crippen molar-refractivity contribution in [3.8, 4) is 0 Å². The van der Waals surface area contributed by atoms with Crippen LogP contribution < -0.4 is 16.4 Å². The number of aliphatic hydroxyl groups is 1. The Balaban J connectivity index is 2.59. The average molecular weight is 332 g/mol. The first-order valence-corrected chi connectivity index (χ1v) is 7.02. The minimum atomic E-state index is -3.58. The van der Waals surface area contributed by atoms with Crippen LogP contribution in [0, 0.1) is 5.92 Å². The van der Waals surface area contributed by atoms with Crippen LogP contribution in [0.2, 0.25) is 0 Å². The van der Waals surface area contributed by atoms with Crippen molar-refractivity contribution in [2.75, 3.05) is 10.6 Å². The molecular weight excluding hydrogens is 294 g/mol. The molecule has 3 unspecified atom stereocenters. The van der Waals surface area contributed by atoms with E-state index < -0.39 is 68.2 Å². The zero-order valence-corrected chi connectivity index (χ0v) is 12.6. The van der Waals surface area contributed by atoms with Crippen molar-refractivity contribution in [2.24, 2.45) is 11.7 Å². The molecule has 0 saturated heterocycles. The van der Waals surface area contributed by atoms with Crippen LogP contribution in [0.5, 0.6) is 0 Å². The molecule has 1 fully saturated rings. The summed E-state index contributed by atoms with van der Waals surface area (Å²) < 4.78 is 85.8. The fourth-order valence-electron chi connectivity index (χ4n) is 2.20. The maximum Gasteiger partial charge on any atom is 0.254 e. The van der Waals surface area contributed by atoms with Gasteiger partial charge in [-0.3, -0.25) is 4.79 Å². The second kappa shape index (κ2) is 6.70. The molecule has 1 saturated carbocycles. The van der Waals surface area contributed by atoms with Gasteiger partial charge in [0.1, 0.15) is 5.82 Å². The zero-order valence-electron chi connectivity index (χ0n) is 23.6.